The van der Waals surface area contributed by atoms with Crippen LogP contribution in [0, 0.1) is 11.8 Å². The van der Waals surface area contributed by atoms with Crippen LogP contribution in [0.15, 0.2) is 0 Å². The third-order valence-corrected chi connectivity index (χ3v) is 7.19. The van der Waals surface area contributed by atoms with Gasteiger partial charge in [-0.25, -0.2) is 8.42 Å². The molecule has 0 radical (unpaired) electrons. The Labute approximate surface area is 119 Å². The van der Waals surface area contributed by atoms with Crippen molar-refractivity contribution in [1.29, 1.82) is 0 Å². The van der Waals surface area contributed by atoms with Crippen molar-refractivity contribution in [3.63, 3.8) is 0 Å². The second-order valence-electron chi connectivity index (χ2n) is 6.55. The predicted molar refractivity (Wildman–Crippen MR) is 82.1 cm³/mol. The van der Waals surface area contributed by atoms with Gasteiger partial charge in [-0.15, -0.1) is 0 Å². The molecule has 3 atom stereocenters. The van der Waals surface area contributed by atoms with Gasteiger partial charge in [-0.05, 0) is 57.9 Å². The van der Waals surface area contributed by atoms with Gasteiger partial charge in [0.05, 0.1) is 10.5 Å². The van der Waals surface area contributed by atoms with Gasteiger partial charge in [0.2, 0.25) is 0 Å². The highest BCUT2D eigenvalue weighted by atomic mass is 32.2. The molecule has 114 valence electrons. The molecule has 0 amide bonds. The first kappa shape index (κ1) is 17.0. The lowest BCUT2D eigenvalue weighted by Gasteiger charge is -2.38. The topological polar surface area (TPSA) is 46.2 Å². The third kappa shape index (κ3) is 4.19. The van der Waals surface area contributed by atoms with E-state index in [9.17, 15) is 8.42 Å². The zero-order chi connectivity index (χ0) is 14.6. The minimum absolute atomic E-state index is 0.155. The second-order valence-corrected chi connectivity index (χ2v) is 9.28. The summed E-state index contributed by atoms with van der Waals surface area (Å²) in [5.74, 6) is 1.13. The Morgan fingerprint density at radius 3 is 2.26 bits per heavy atom. The van der Waals surface area contributed by atoms with Crippen molar-refractivity contribution in [2.75, 3.05) is 6.54 Å². The molecule has 1 aliphatic carbocycles. The number of hydrogen-bond donors (Lipinski definition) is 1. The van der Waals surface area contributed by atoms with E-state index in [2.05, 4.69) is 26.1 Å². The molecule has 0 aromatic rings. The Morgan fingerprint density at radius 1 is 1.16 bits per heavy atom. The lowest BCUT2D eigenvalue weighted by atomic mass is 9.79. The molecule has 0 aromatic carbocycles. The fraction of sp³-hybridized carbons (Fsp3) is 1.00. The summed E-state index contributed by atoms with van der Waals surface area (Å²) < 4.78 is 25.2. The quantitative estimate of drug-likeness (QED) is 0.817. The summed E-state index contributed by atoms with van der Waals surface area (Å²) in [6, 6.07) is 0.155. The van der Waals surface area contributed by atoms with Crippen molar-refractivity contribution < 1.29 is 8.42 Å². The maximum atomic E-state index is 12.6. The molecule has 3 nitrogen and oxygen atoms in total. The summed E-state index contributed by atoms with van der Waals surface area (Å²) in [4.78, 5) is 0. The van der Waals surface area contributed by atoms with Crippen LogP contribution < -0.4 is 5.32 Å². The van der Waals surface area contributed by atoms with Gasteiger partial charge in [0.25, 0.3) is 0 Å². The summed E-state index contributed by atoms with van der Waals surface area (Å²) in [5.41, 5.74) is 0. The van der Waals surface area contributed by atoms with E-state index in [4.69, 9.17) is 0 Å². The molecular formula is C15H31NO2S. The molecule has 0 aliphatic heterocycles. The van der Waals surface area contributed by atoms with Crippen molar-refractivity contribution in [2.24, 2.45) is 11.8 Å². The molecule has 4 heteroatoms. The van der Waals surface area contributed by atoms with Crippen LogP contribution in [-0.4, -0.2) is 31.5 Å². The van der Waals surface area contributed by atoms with Crippen molar-refractivity contribution in [3.8, 4) is 0 Å². The summed E-state index contributed by atoms with van der Waals surface area (Å²) >= 11 is 0. The molecule has 0 bridgehead atoms. The smallest absolute Gasteiger partial charge is 0.157 e. The van der Waals surface area contributed by atoms with Crippen molar-refractivity contribution >= 4 is 9.84 Å². The van der Waals surface area contributed by atoms with Crippen LogP contribution >= 0.6 is 0 Å². The largest absolute Gasteiger partial charge is 0.313 e. The van der Waals surface area contributed by atoms with E-state index in [1.54, 1.807) is 0 Å². The normalized spacial score (nSPS) is 29.1. The highest BCUT2D eigenvalue weighted by molar-refractivity contribution is 7.92. The predicted octanol–water partition coefficient (Wildman–Crippen LogP) is 3.00. The molecule has 0 saturated heterocycles. The number of hydrogen-bond acceptors (Lipinski definition) is 3. The van der Waals surface area contributed by atoms with Crippen LogP contribution in [0.5, 0.6) is 0 Å². The lowest BCUT2D eigenvalue weighted by molar-refractivity contribution is 0.240. The molecule has 1 rings (SSSR count). The van der Waals surface area contributed by atoms with Gasteiger partial charge in [0, 0.05) is 6.04 Å². The molecule has 1 N–H and O–H groups in total. The Morgan fingerprint density at radius 2 is 1.79 bits per heavy atom. The van der Waals surface area contributed by atoms with E-state index >= 15 is 0 Å². The Kier molecular flexibility index (Phi) is 6.31. The van der Waals surface area contributed by atoms with E-state index in [1.807, 2.05) is 13.8 Å². The average molecular weight is 289 g/mol. The summed E-state index contributed by atoms with van der Waals surface area (Å²) in [7, 11) is -3.01. The highest BCUT2D eigenvalue weighted by Gasteiger charge is 2.40. The van der Waals surface area contributed by atoms with Crippen LogP contribution in [0.2, 0.25) is 0 Å². The molecule has 0 aromatic heterocycles. The number of sulfone groups is 1. The van der Waals surface area contributed by atoms with Gasteiger partial charge in [-0.1, -0.05) is 20.8 Å². The molecular weight excluding hydrogens is 258 g/mol. The zero-order valence-corrected chi connectivity index (χ0v) is 14.0. The molecule has 3 unspecified atom stereocenters. The first-order chi connectivity index (χ1) is 8.80. The van der Waals surface area contributed by atoms with E-state index in [0.717, 1.165) is 32.2 Å². The first-order valence-electron chi connectivity index (χ1n) is 7.76. The Balaban J connectivity index is 2.88. The maximum absolute atomic E-state index is 12.6. The second kappa shape index (κ2) is 7.07. The Bertz CT molecular complexity index is 362. The summed E-state index contributed by atoms with van der Waals surface area (Å²) in [6.45, 7) is 11.1. The fourth-order valence-electron chi connectivity index (χ4n) is 3.04. The van der Waals surface area contributed by atoms with Crippen molar-refractivity contribution in [3.05, 3.63) is 0 Å². The standard InChI is InChI=1S/C15H31NO2S/c1-6-9-16-14-8-7-13(11(2)3)10-15(14)19(17,18)12(4)5/h11-16H,6-10H2,1-5H3. The minimum Gasteiger partial charge on any atom is -0.313 e. The van der Waals surface area contributed by atoms with E-state index < -0.39 is 9.84 Å². The van der Waals surface area contributed by atoms with E-state index in [0.29, 0.717) is 11.8 Å². The fourth-order valence-corrected chi connectivity index (χ4v) is 4.95. The van der Waals surface area contributed by atoms with Crippen LogP contribution in [0.3, 0.4) is 0 Å². The first-order valence-corrected chi connectivity index (χ1v) is 9.37. The van der Waals surface area contributed by atoms with E-state index in [-0.39, 0.29) is 16.5 Å². The van der Waals surface area contributed by atoms with Crippen molar-refractivity contribution in [2.45, 2.75) is 76.8 Å². The van der Waals surface area contributed by atoms with Crippen LogP contribution in [0.25, 0.3) is 0 Å². The van der Waals surface area contributed by atoms with Gasteiger partial charge in [-0.3, -0.25) is 0 Å². The molecule has 1 saturated carbocycles. The van der Waals surface area contributed by atoms with Crippen molar-refractivity contribution in [1.82, 2.24) is 5.32 Å². The Hall–Kier alpha value is -0.0900. The van der Waals surface area contributed by atoms with Gasteiger partial charge in [-0.2, -0.15) is 0 Å². The SMILES string of the molecule is CCCNC1CCC(C(C)C)CC1S(=O)(=O)C(C)C. The maximum Gasteiger partial charge on any atom is 0.157 e. The van der Waals surface area contributed by atoms with Crippen LogP contribution in [0.4, 0.5) is 0 Å². The molecule has 0 heterocycles. The monoisotopic (exact) mass is 289 g/mol. The molecule has 19 heavy (non-hydrogen) atoms. The van der Waals surface area contributed by atoms with Gasteiger partial charge in [0.1, 0.15) is 0 Å². The van der Waals surface area contributed by atoms with E-state index in [1.165, 1.54) is 0 Å². The summed E-state index contributed by atoms with van der Waals surface area (Å²) in [6.07, 6.45) is 4.04. The van der Waals surface area contributed by atoms with Crippen LogP contribution in [0.1, 0.15) is 60.3 Å². The van der Waals surface area contributed by atoms with Gasteiger partial charge < -0.3 is 5.32 Å². The average Bonchev–Trinajstić information content (AvgIpc) is 2.35. The number of rotatable bonds is 6. The molecule has 0 spiro atoms. The number of nitrogens with one attached hydrogen (secondary N) is 1. The molecule has 1 aliphatic rings. The minimum atomic E-state index is -3.01. The zero-order valence-electron chi connectivity index (χ0n) is 13.1. The summed E-state index contributed by atoms with van der Waals surface area (Å²) in [5, 5.41) is 3.00. The van der Waals surface area contributed by atoms with Gasteiger partial charge in [0.15, 0.2) is 9.84 Å². The third-order valence-electron chi connectivity index (χ3n) is 4.51. The van der Waals surface area contributed by atoms with Gasteiger partial charge >= 0.3 is 0 Å². The molecule has 1 fully saturated rings. The highest BCUT2D eigenvalue weighted by Crippen LogP contribution is 2.34. The van der Waals surface area contributed by atoms with Crippen LogP contribution in [-0.2, 0) is 9.84 Å². The lowest BCUT2D eigenvalue weighted by Crippen LogP contribution is -2.50.